The van der Waals surface area contributed by atoms with Crippen molar-refractivity contribution in [3.05, 3.63) is 75.2 Å². The molecule has 27 heavy (non-hydrogen) atoms. The van der Waals surface area contributed by atoms with Gasteiger partial charge in [-0.2, -0.15) is 0 Å². The van der Waals surface area contributed by atoms with Crippen LogP contribution < -0.4 is 5.56 Å². The molecule has 1 N–H and O–H groups in total. The molecule has 0 saturated carbocycles. The minimum Gasteiger partial charge on any atom is -0.333 e. The molecule has 134 valence electrons. The molecular weight excluding hydrogens is 342 g/mol. The average Bonchev–Trinajstić information content (AvgIpc) is 3.13. The molecule has 4 aromatic rings. The highest BCUT2D eigenvalue weighted by molar-refractivity contribution is 5.99. The van der Waals surface area contributed by atoms with Gasteiger partial charge < -0.3 is 9.88 Å². The van der Waals surface area contributed by atoms with E-state index in [1.807, 2.05) is 43.3 Å². The Hall–Kier alpha value is -3.48. The van der Waals surface area contributed by atoms with Gasteiger partial charge in [-0.1, -0.05) is 35.5 Å². The van der Waals surface area contributed by atoms with Gasteiger partial charge in [0.25, 0.3) is 11.5 Å². The number of H-pyrrole nitrogens is 1. The highest BCUT2D eigenvalue weighted by Gasteiger charge is 2.27. The molecule has 0 fully saturated rings. The van der Waals surface area contributed by atoms with Crippen LogP contribution in [0.15, 0.2) is 47.3 Å². The third-order valence-corrected chi connectivity index (χ3v) is 5.13. The normalized spacial score (nSPS) is 13.9. The first kappa shape index (κ1) is 15.7. The van der Waals surface area contributed by atoms with Crippen molar-refractivity contribution >= 4 is 22.5 Å². The van der Waals surface area contributed by atoms with E-state index in [2.05, 4.69) is 21.4 Å². The van der Waals surface area contributed by atoms with E-state index in [-0.39, 0.29) is 22.7 Å². The van der Waals surface area contributed by atoms with Gasteiger partial charge in [0, 0.05) is 13.1 Å². The van der Waals surface area contributed by atoms with Crippen molar-refractivity contribution < 1.29 is 4.79 Å². The maximum absolute atomic E-state index is 13.1. The van der Waals surface area contributed by atoms with Gasteiger partial charge in [-0.15, -0.1) is 5.10 Å². The Morgan fingerprint density at radius 1 is 1.15 bits per heavy atom. The van der Waals surface area contributed by atoms with Crippen LogP contribution in [0.3, 0.4) is 0 Å². The van der Waals surface area contributed by atoms with Crippen LogP contribution in [0.5, 0.6) is 0 Å². The first-order valence-electron chi connectivity index (χ1n) is 8.86. The summed E-state index contributed by atoms with van der Waals surface area (Å²) in [6.07, 6.45) is 0.791. The minimum absolute atomic E-state index is 0.0955. The molecule has 7 heteroatoms. The summed E-state index contributed by atoms with van der Waals surface area (Å²) in [5, 5.41) is 8.16. The number of hydrogen-bond donors (Lipinski definition) is 1. The molecule has 5 rings (SSSR count). The van der Waals surface area contributed by atoms with Gasteiger partial charge in [-0.25, -0.2) is 4.52 Å². The summed E-state index contributed by atoms with van der Waals surface area (Å²) in [4.78, 5) is 30.3. The zero-order valence-corrected chi connectivity index (χ0v) is 14.8. The number of benzene rings is 2. The number of rotatable bonds is 1. The third kappa shape index (κ3) is 2.43. The topological polar surface area (TPSA) is 83.4 Å². The molecular formula is C20H17N5O2. The molecule has 1 aliphatic heterocycles. The molecule has 0 unspecified atom stereocenters. The summed E-state index contributed by atoms with van der Waals surface area (Å²) in [6.45, 7) is 3.06. The minimum atomic E-state index is -0.362. The summed E-state index contributed by atoms with van der Waals surface area (Å²) < 4.78 is 1.46. The van der Waals surface area contributed by atoms with Gasteiger partial charge in [-0.3, -0.25) is 9.59 Å². The average molecular weight is 359 g/mol. The Kier molecular flexibility index (Phi) is 3.36. The number of amides is 1. The number of aromatic amines is 1. The van der Waals surface area contributed by atoms with E-state index in [0.29, 0.717) is 24.1 Å². The first-order valence-corrected chi connectivity index (χ1v) is 8.86. The molecule has 0 bridgehead atoms. The van der Waals surface area contributed by atoms with E-state index in [1.54, 1.807) is 4.90 Å². The Labute approximate surface area is 154 Å². The van der Waals surface area contributed by atoms with E-state index in [1.165, 1.54) is 10.1 Å². The predicted octanol–water partition coefficient (Wildman–Crippen LogP) is 2.08. The van der Waals surface area contributed by atoms with Gasteiger partial charge in [0.2, 0.25) is 0 Å². The van der Waals surface area contributed by atoms with Crippen LogP contribution >= 0.6 is 0 Å². The Morgan fingerprint density at radius 2 is 1.96 bits per heavy atom. The van der Waals surface area contributed by atoms with Crippen molar-refractivity contribution in [3.8, 4) is 0 Å². The van der Waals surface area contributed by atoms with Gasteiger partial charge in [0.1, 0.15) is 0 Å². The summed E-state index contributed by atoms with van der Waals surface area (Å²) in [5.74, 6) is -0.267. The van der Waals surface area contributed by atoms with Crippen molar-refractivity contribution in [2.75, 3.05) is 6.54 Å². The van der Waals surface area contributed by atoms with Crippen molar-refractivity contribution in [1.29, 1.82) is 0 Å². The van der Waals surface area contributed by atoms with Crippen LogP contribution in [-0.4, -0.2) is 37.2 Å². The van der Waals surface area contributed by atoms with Crippen molar-refractivity contribution in [3.63, 3.8) is 0 Å². The van der Waals surface area contributed by atoms with Gasteiger partial charge >= 0.3 is 0 Å². The zero-order valence-electron chi connectivity index (χ0n) is 14.8. The number of nitrogens with zero attached hydrogens (tertiary/aromatic N) is 4. The third-order valence-electron chi connectivity index (χ3n) is 5.13. The van der Waals surface area contributed by atoms with Crippen LogP contribution in [0.4, 0.5) is 0 Å². The summed E-state index contributed by atoms with van der Waals surface area (Å²) >= 11 is 0. The second kappa shape index (κ2) is 5.77. The zero-order chi connectivity index (χ0) is 18.5. The highest BCUT2D eigenvalue weighted by atomic mass is 16.2. The van der Waals surface area contributed by atoms with E-state index in [9.17, 15) is 9.59 Å². The number of aromatic nitrogens is 4. The second-order valence-electron chi connectivity index (χ2n) is 6.92. The molecule has 0 atom stereocenters. The monoisotopic (exact) mass is 359 g/mol. The molecule has 0 saturated heterocycles. The summed E-state index contributed by atoms with van der Waals surface area (Å²) in [5.41, 5.74) is 4.72. The fourth-order valence-electron chi connectivity index (χ4n) is 3.73. The van der Waals surface area contributed by atoms with Gasteiger partial charge in [0.05, 0.1) is 11.0 Å². The molecule has 1 amide bonds. The second-order valence-corrected chi connectivity index (χ2v) is 6.92. The lowest BCUT2D eigenvalue weighted by atomic mass is 10.00. The fourth-order valence-corrected chi connectivity index (χ4v) is 3.73. The summed E-state index contributed by atoms with van der Waals surface area (Å²) in [7, 11) is 0. The maximum atomic E-state index is 13.1. The SMILES string of the molecule is Cc1ccc2c(c1)[nH]c(=O)c1c(C(=O)N3CCc4ccccc4C3)nnn12. The number of fused-ring (bicyclic) bond motifs is 4. The lowest BCUT2D eigenvalue weighted by Gasteiger charge is -2.28. The molecule has 0 aliphatic carbocycles. The van der Waals surface area contributed by atoms with Crippen molar-refractivity contribution in [2.24, 2.45) is 0 Å². The molecule has 2 aromatic carbocycles. The quantitative estimate of drug-likeness (QED) is 0.564. The number of carbonyl (C=O) groups is 1. The van der Waals surface area contributed by atoms with Crippen LogP contribution in [0.25, 0.3) is 16.6 Å². The van der Waals surface area contributed by atoms with Crippen molar-refractivity contribution in [1.82, 2.24) is 24.7 Å². The Morgan fingerprint density at radius 3 is 2.81 bits per heavy atom. The lowest BCUT2D eigenvalue weighted by Crippen LogP contribution is -2.36. The Balaban J connectivity index is 1.61. The smallest absolute Gasteiger partial charge is 0.277 e. The molecule has 0 spiro atoms. The van der Waals surface area contributed by atoms with Crippen molar-refractivity contribution in [2.45, 2.75) is 19.9 Å². The van der Waals surface area contributed by atoms with Gasteiger partial charge in [-0.05, 0) is 42.2 Å². The summed E-state index contributed by atoms with van der Waals surface area (Å²) in [6, 6.07) is 13.8. The largest absolute Gasteiger partial charge is 0.333 e. The van der Waals surface area contributed by atoms with E-state index < -0.39 is 0 Å². The van der Waals surface area contributed by atoms with E-state index in [4.69, 9.17) is 0 Å². The van der Waals surface area contributed by atoms with E-state index >= 15 is 0 Å². The molecule has 7 nitrogen and oxygen atoms in total. The molecule has 3 heterocycles. The number of aryl methyl sites for hydroxylation is 1. The van der Waals surface area contributed by atoms with Crippen LogP contribution in [0, 0.1) is 6.92 Å². The highest BCUT2D eigenvalue weighted by Crippen LogP contribution is 2.21. The molecule has 1 aliphatic rings. The maximum Gasteiger partial charge on any atom is 0.277 e. The van der Waals surface area contributed by atoms with Gasteiger partial charge in [0.15, 0.2) is 11.2 Å². The Bertz CT molecular complexity index is 1270. The van der Waals surface area contributed by atoms with Crippen LogP contribution in [-0.2, 0) is 13.0 Å². The predicted molar refractivity (Wildman–Crippen MR) is 101 cm³/mol. The first-order chi connectivity index (χ1) is 13.1. The fraction of sp³-hybridized carbons (Fsp3) is 0.200. The number of carbonyl (C=O) groups excluding carboxylic acids is 1. The molecule has 0 radical (unpaired) electrons. The standard InChI is InChI=1S/C20H17N5O2/c1-12-6-7-16-15(10-12)21-19(26)18-17(22-23-25(16)18)20(27)24-9-8-13-4-2-3-5-14(13)11-24/h2-7,10H,8-9,11H2,1H3,(H,21,26). The number of nitrogens with one attached hydrogen (secondary N) is 1. The number of hydrogen-bond acceptors (Lipinski definition) is 4. The van der Waals surface area contributed by atoms with Crippen LogP contribution in [0.2, 0.25) is 0 Å². The molecule has 2 aromatic heterocycles. The van der Waals surface area contributed by atoms with E-state index in [0.717, 1.165) is 17.5 Å². The van der Waals surface area contributed by atoms with Crippen LogP contribution in [0.1, 0.15) is 27.2 Å². The lowest BCUT2D eigenvalue weighted by molar-refractivity contribution is 0.0730.